The van der Waals surface area contributed by atoms with Crippen molar-refractivity contribution < 1.29 is 28.8 Å². The molecule has 2 aliphatic heterocycles. The van der Waals surface area contributed by atoms with Crippen molar-refractivity contribution in [1.29, 1.82) is 0 Å². The Morgan fingerprint density at radius 3 is 2.59 bits per heavy atom. The van der Waals surface area contributed by atoms with Gasteiger partial charge in [-0.15, -0.1) is 0 Å². The predicted octanol–water partition coefficient (Wildman–Crippen LogP) is 5.39. The van der Waals surface area contributed by atoms with Crippen molar-refractivity contribution in [2.75, 3.05) is 56.4 Å². The highest BCUT2D eigenvalue weighted by Crippen LogP contribution is 2.36. The van der Waals surface area contributed by atoms with E-state index in [1.54, 1.807) is 13.3 Å². The average Bonchev–Trinajstić information content (AvgIpc) is 3.24. The van der Waals surface area contributed by atoms with Crippen LogP contribution in [0, 0.1) is 17.8 Å². The number of rotatable bonds is 13. The molecule has 226 valence electrons. The molecular weight excluding hydrogens is 546 g/mol. The number of carboxylic acids is 1. The van der Waals surface area contributed by atoms with E-state index in [4.69, 9.17) is 30.5 Å². The van der Waals surface area contributed by atoms with Gasteiger partial charge in [0.2, 0.25) is 5.88 Å². The van der Waals surface area contributed by atoms with Crippen LogP contribution in [0.5, 0.6) is 11.6 Å². The van der Waals surface area contributed by atoms with Crippen LogP contribution in [0.25, 0.3) is 0 Å². The van der Waals surface area contributed by atoms with Gasteiger partial charge < -0.3 is 33.9 Å². The number of piperidine rings is 1. The standard InChI is InChI=1S/C31H44ClN3O6/c1-6-39-30-13-27(25(32)15-33-30)34-12-11-28(21(3)16-34)41-24-9-7-23(8-10-24)35-17-29(40-19-20(2)18-38-5)22(4)26(35)14-31(36)37/h7-10,13,15,20-22,26,28-29H,6,11-12,14,16-19H2,1-5H3,(H,36,37)/t20?,21?,22-,26-,28?,29-/m0/s1. The molecule has 41 heavy (non-hydrogen) atoms. The lowest BCUT2D eigenvalue weighted by Crippen LogP contribution is -2.44. The van der Waals surface area contributed by atoms with Gasteiger partial charge in [-0.2, -0.15) is 0 Å². The summed E-state index contributed by atoms with van der Waals surface area (Å²) in [5, 5.41) is 10.2. The van der Waals surface area contributed by atoms with Crippen molar-refractivity contribution in [1.82, 2.24) is 4.98 Å². The SMILES string of the molecule is CCOc1cc(N2CCC(Oc3ccc(N4C[C@H](OCC(C)COC)[C@@H](C)[C@@H]4CC(=O)O)cc3)C(C)C2)c(Cl)cn1. The fourth-order valence-electron chi connectivity index (χ4n) is 5.91. The number of carbonyl (C=O) groups is 1. The average molecular weight is 590 g/mol. The molecule has 2 fully saturated rings. The molecule has 3 heterocycles. The number of methoxy groups -OCH3 is 1. The highest BCUT2D eigenvalue weighted by Gasteiger charge is 2.41. The van der Waals surface area contributed by atoms with Crippen molar-refractivity contribution in [3.63, 3.8) is 0 Å². The van der Waals surface area contributed by atoms with Crippen molar-refractivity contribution in [2.24, 2.45) is 17.8 Å². The maximum Gasteiger partial charge on any atom is 0.305 e. The van der Waals surface area contributed by atoms with Crippen LogP contribution in [0.3, 0.4) is 0 Å². The summed E-state index contributed by atoms with van der Waals surface area (Å²) in [7, 11) is 1.69. The van der Waals surface area contributed by atoms with E-state index in [1.807, 2.05) is 37.3 Å². The van der Waals surface area contributed by atoms with E-state index >= 15 is 0 Å². The second-order valence-electron chi connectivity index (χ2n) is 11.4. The Labute approximate surface area is 248 Å². The third kappa shape index (κ3) is 7.96. The first kappa shape index (κ1) is 31.2. The summed E-state index contributed by atoms with van der Waals surface area (Å²) >= 11 is 6.47. The summed E-state index contributed by atoms with van der Waals surface area (Å²) in [6.07, 6.45) is 2.60. The molecule has 4 rings (SSSR count). The lowest BCUT2D eigenvalue weighted by molar-refractivity contribution is -0.137. The molecule has 6 atom stereocenters. The lowest BCUT2D eigenvalue weighted by atomic mass is 9.96. The fourth-order valence-corrected chi connectivity index (χ4v) is 6.13. The number of anilines is 2. The van der Waals surface area contributed by atoms with Gasteiger partial charge in [0.05, 0.1) is 49.3 Å². The van der Waals surface area contributed by atoms with Crippen LogP contribution in [0.4, 0.5) is 11.4 Å². The van der Waals surface area contributed by atoms with Crippen LogP contribution in [-0.2, 0) is 14.3 Å². The number of halogens is 1. The first-order chi connectivity index (χ1) is 19.7. The third-order valence-corrected chi connectivity index (χ3v) is 8.42. The largest absolute Gasteiger partial charge is 0.490 e. The fraction of sp³-hybridized carbons (Fsp3) is 0.613. The van der Waals surface area contributed by atoms with Gasteiger partial charge in [-0.05, 0) is 31.2 Å². The summed E-state index contributed by atoms with van der Waals surface area (Å²) < 4.78 is 23.5. The second kappa shape index (κ2) is 14.4. The van der Waals surface area contributed by atoms with Gasteiger partial charge in [0, 0.05) is 68.7 Å². The molecule has 3 unspecified atom stereocenters. The van der Waals surface area contributed by atoms with E-state index in [0.717, 1.165) is 36.6 Å². The van der Waals surface area contributed by atoms with E-state index in [1.165, 1.54) is 0 Å². The quantitative estimate of drug-likeness (QED) is 0.330. The summed E-state index contributed by atoms with van der Waals surface area (Å²) in [6, 6.07) is 9.79. The van der Waals surface area contributed by atoms with Crippen LogP contribution >= 0.6 is 11.6 Å². The van der Waals surface area contributed by atoms with Crippen molar-refractivity contribution in [3.05, 3.63) is 41.6 Å². The number of carboxylic acid groups (broad SMARTS) is 1. The zero-order valence-electron chi connectivity index (χ0n) is 24.8. The van der Waals surface area contributed by atoms with Gasteiger partial charge in [0.25, 0.3) is 0 Å². The number of hydrogen-bond donors (Lipinski definition) is 1. The Hall–Kier alpha value is -2.75. The molecule has 2 saturated heterocycles. The van der Waals surface area contributed by atoms with E-state index < -0.39 is 5.97 Å². The minimum absolute atomic E-state index is 0.0425. The number of nitrogens with zero attached hydrogens (tertiary/aromatic N) is 3. The van der Waals surface area contributed by atoms with Crippen molar-refractivity contribution >= 4 is 28.9 Å². The Kier molecular flexibility index (Phi) is 11.0. The lowest BCUT2D eigenvalue weighted by Gasteiger charge is -2.38. The second-order valence-corrected chi connectivity index (χ2v) is 11.8. The van der Waals surface area contributed by atoms with E-state index in [-0.39, 0.29) is 42.4 Å². The van der Waals surface area contributed by atoms with Crippen molar-refractivity contribution in [3.8, 4) is 11.6 Å². The topological polar surface area (TPSA) is 93.6 Å². The van der Waals surface area contributed by atoms with E-state index in [2.05, 4.69) is 35.6 Å². The molecule has 2 aromatic rings. The highest BCUT2D eigenvalue weighted by molar-refractivity contribution is 6.33. The van der Waals surface area contributed by atoms with Gasteiger partial charge in [0.15, 0.2) is 0 Å². The Morgan fingerprint density at radius 1 is 1.17 bits per heavy atom. The zero-order valence-corrected chi connectivity index (χ0v) is 25.5. The maximum absolute atomic E-state index is 11.7. The van der Waals surface area contributed by atoms with Crippen molar-refractivity contribution in [2.45, 2.75) is 58.8 Å². The van der Waals surface area contributed by atoms with Crippen LogP contribution in [-0.4, -0.2) is 80.9 Å². The summed E-state index contributed by atoms with van der Waals surface area (Å²) in [4.78, 5) is 20.4. The molecule has 0 saturated carbocycles. The van der Waals surface area contributed by atoms with Crippen LogP contribution < -0.4 is 19.3 Å². The molecule has 0 radical (unpaired) electrons. The molecule has 0 aliphatic carbocycles. The molecule has 1 N–H and O–H groups in total. The third-order valence-electron chi connectivity index (χ3n) is 8.13. The molecule has 2 aliphatic rings. The zero-order chi connectivity index (χ0) is 29.5. The minimum Gasteiger partial charge on any atom is -0.490 e. The molecule has 1 aromatic carbocycles. The van der Waals surface area contributed by atoms with Gasteiger partial charge in [0.1, 0.15) is 11.9 Å². The Bertz CT molecular complexity index is 1140. The van der Waals surface area contributed by atoms with Gasteiger partial charge in [-0.25, -0.2) is 4.98 Å². The first-order valence-electron chi connectivity index (χ1n) is 14.6. The summed E-state index contributed by atoms with van der Waals surface area (Å²) in [6.45, 7) is 12.4. The molecule has 1 aromatic heterocycles. The highest BCUT2D eigenvalue weighted by atomic mass is 35.5. The normalized spacial score (nSPS) is 25.3. The first-order valence-corrected chi connectivity index (χ1v) is 15.0. The number of hydrogen-bond acceptors (Lipinski definition) is 8. The molecule has 0 bridgehead atoms. The number of aromatic nitrogens is 1. The minimum atomic E-state index is -0.803. The monoisotopic (exact) mass is 589 g/mol. The molecule has 10 heteroatoms. The predicted molar refractivity (Wildman–Crippen MR) is 161 cm³/mol. The Morgan fingerprint density at radius 2 is 1.93 bits per heavy atom. The number of pyridine rings is 1. The van der Waals surface area contributed by atoms with E-state index in [0.29, 0.717) is 37.3 Å². The molecular formula is C31H44ClN3O6. The van der Waals surface area contributed by atoms with E-state index in [9.17, 15) is 9.90 Å². The van der Waals surface area contributed by atoms with Crippen LogP contribution in [0.2, 0.25) is 5.02 Å². The van der Waals surface area contributed by atoms with Gasteiger partial charge >= 0.3 is 5.97 Å². The van der Waals surface area contributed by atoms with Gasteiger partial charge in [-0.3, -0.25) is 4.79 Å². The summed E-state index contributed by atoms with van der Waals surface area (Å²) in [5.74, 6) is 1.22. The number of benzene rings is 1. The van der Waals surface area contributed by atoms with Crippen LogP contribution in [0.15, 0.2) is 36.5 Å². The van der Waals surface area contributed by atoms with Gasteiger partial charge in [-0.1, -0.05) is 32.4 Å². The molecule has 9 nitrogen and oxygen atoms in total. The Balaban J connectivity index is 1.38. The summed E-state index contributed by atoms with van der Waals surface area (Å²) in [5.41, 5.74) is 1.91. The number of aliphatic carboxylic acids is 1. The molecule has 0 amide bonds. The molecule has 0 spiro atoms. The smallest absolute Gasteiger partial charge is 0.305 e. The maximum atomic E-state index is 11.7. The number of ether oxygens (including phenoxy) is 4. The van der Waals surface area contributed by atoms with Crippen LogP contribution in [0.1, 0.15) is 40.5 Å².